The zero-order valence-corrected chi connectivity index (χ0v) is 10.2. The number of halogens is 2. The first-order chi connectivity index (χ1) is 7.99. The molecule has 0 spiro atoms. The molecule has 0 amide bonds. The fraction of sp³-hybridized carbons (Fsp3) is 0.231. The molecule has 0 N–H and O–H groups in total. The number of rotatable bonds is 0. The molecule has 0 saturated heterocycles. The predicted molar refractivity (Wildman–Crippen MR) is 63.3 cm³/mol. The van der Waals surface area contributed by atoms with E-state index < -0.39 is 17.2 Å². The quantitative estimate of drug-likeness (QED) is 0.678. The SMILES string of the molecule is CC1(C)Oc2c(F)cc(F)cc2-c2sccc21. The fourth-order valence-corrected chi connectivity index (χ4v) is 3.19. The van der Waals surface area contributed by atoms with Gasteiger partial charge in [-0.25, -0.2) is 8.78 Å². The Hall–Kier alpha value is -1.42. The van der Waals surface area contributed by atoms with Gasteiger partial charge in [0.2, 0.25) is 0 Å². The van der Waals surface area contributed by atoms with Crippen molar-refractivity contribution in [1.82, 2.24) is 0 Å². The van der Waals surface area contributed by atoms with Gasteiger partial charge in [0.25, 0.3) is 0 Å². The second-order valence-corrected chi connectivity index (χ2v) is 5.46. The first-order valence-corrected chi connectivity index (χ1v) is 6.13. The van der Waals surface area contributed by atoms with Crippen molar-refractivity contribution < 1.29 is 13.5 Å². The Kier molecular flexibility index (Phi) is 2.08. The van der Waals surface area contributed by atoms with Gasteiger partial charge in [0, 0.05) is 22.1 Å². The molecule has 3 rings (SSSR count). The molecule has 0 unspecified atom stereocenters. The topological polar surface area (TPSA) is 9.23 Å². The number of ether oxygens (including phenoxy) is 1. The van der Waals surface area contributed by atoms with E-state index in [2.05, 4.69) is 0 Å². The van der Waals surface area contributed by atoms with Gasteiger partial charge in [-0.15, -0.1) is 11.3 Å². The third-order valence-corrected chi connectivity index (χ3v) is 3.87. The molecule has 1 nitrogen and oxygen atoms in total. The van der Waals surface area contributed by atoms with E-state index in [9.17, 15) is 8.78 Å². The van der Waals surface area contributed by atoms with E-state index in [0.717, 1.165) is 16.5 Å². The van der Waals surface area contributed by atoms with Crippen molar-refractivity contribution in [3.63, 3.8) is 0 Å². The standard InChI is InChI=1S/C13H10F2OS/c1-13(2)9-3-4-17-12(9)8-5-7(14)6-10(15)11(8)16-13/h3-6H,1-2H3. The lowest BCUT2D eigenvalue weighted by Gasteiger charge is -2.33. The van der Waals surface area contributed by atoms with Gasteiger partial charge in [0.1, 0.15) is 11.4 Å². The van der Waals surface area contributed by atoms with Gasteiger partial charge < -0.3 is 4.74 Å². The maximum Gasteiger partial charge on any atom is 0.168 e. The summed E-state index contributed by atoms with van der Waals surface area (Å²) in [6.45, 7) is 3.76. The van der Waals surface area contributed by atoms with Crippen molar-refractivity contribution in [2.75, 3.05) is 0 Å². The monoisotopic (exact) mass is 252 g/mol. The number of fused-ring (bicyclic) bond motifs is 3. The Labute approximate surface area is 102 Å². The lowest BCUT2D eigenvalue weighted by atomic mass is 9.92. The Bertz CT molecular complexity index is 601. The zero-order chi connectivity index (χ0) is 12.2. The summed E-state index contributed by atoms with van der Waals surface area (Å²) in [5.41, 5.74) is 0.896. The zero-order valence-electron chi connectivity index (χ0n) is 9.38. The Morgan fingerprint density at radius 2 is 2.00 bits per heavy atom. The molecule has 88 valence electrons. The van der Waals surface area contributed by atoms with Crippen molar-refractivity contribution in [2.45, 2.75) is 19.4 Å². The highest BCUT2D eigenvalue weighted by atomic mass is 32.1. The highest BCUT2D eigenvalue weighted by molar-refractivity contribution is 7.13. The van der Waals surface area contributed by atoms with Crippen LogP contribution in [0, 0.1) is 11.6 Å². The Morgan fingerprint density at radius 1 is 1.24 bits per heavy atom. The predicted octanol–water partition coefficient (Wildman–Crippen LogP) is 4.32. The highest BCUT2D eigenvalue weighted by Crippen LogP contribution is 2.48. The summed E-state index contributed by atoms with van der Waals surface area (Å²) < 4.78 is 32.6. The molecule has 0 atom stereocenters. The summed E-state index contributed by atoms with van der Waals surface area (Å²) in [6.07, 6.45) is 0. The average Bonchev–Trinajstić information content (AvgIpc) is 2.70. The normalized spacial score (nSPS) is 16.0. The lowest BCUT2D eigenvalue weighted by molar-refractivity contribution is 0.0999. The number of benzene rings is 1. The molecule has 1 aliphatic heterocycles. The van der Waals surface area contributed by atoms with Crippen LogP contribution in [0.4, 0.5) is 8.78 Å². The van der Waals surface area contributed by atoms with Gasteiger partial charge in [0.15, 0.2) is 11.6 Å². The molecular weight excluding hydrogens is 242 g/mol. The van der Waals surface area contributed by atoms with Gasteiger partial charge in [-0.1, -0.05) is 0 Å². The maximum absolute atomic E-state index is 13.7. The summed E-state index contributed by atoms with van der Waals surface area (Å²) in [5, 5.41) is 1.91. The average molecular weight is 252 g/mol. The van der Waals surface area contributed by atoms with E-state index in [-0.39, 0.29) is 5.75 Å². The summed E-state index contributed by atoms with van der Waals surface area (Å²) in [4.78, 5) is 0.884. The molecule has 0 radical (unpaired) electrons. The molecule has 1 aromatic carbocycles. The number of hydrogen-bond donors (Lipinski definition) is 0. The van der Waals surface area contributed by atoms with Crippen LogP contribution in [0.2, 0.25) is 0 Å². The molecule has 4 heteroatoms. The fourth-order valence-electron chi connectivity index (χ4n) is 2.13. The Balaban J connectivity index is 2.35. The minimum atomic E-state index is -0.646. The smallest absolute Gasteiger partial charge is 0.168 e. The van der Waals surface area contributed by atoms with Crippen molar-refractivity contribution in [1.29, 1.82) is 0 Å². The van der Waals surface area contributed by atoms with Crippen molar-refractivity contribution >= 4 is 11.3 Å². The van der Waals surface area contributed by atoms with E-state index in [1.807, 2.05) is 25.3 Å². The largest absolute Gasteiger partial charge is 0.479 e. The minimum Gasteiger partial charge on any atom is -0.479 e. The van der Waals surface area contributed by atoms with Crippen LogP contribution >= 0.6 is 11.3 Å². The third-order valence-electron chi connectivity index (χ3n) is 2.92. The van der Waals surface area contributed by atoms with Gasteiger partial charge in [-0.2, -0.15) is 0 Å². The van der Waals surface area contributed by atoms with Crippen LogP contribution in [-0.4, -0.2) is 0 Å². The maximum atomic E-state index is 13.7. The van der Waals surface area contributed by atoms with Crippen molar-refractivity contribution in [2.24, 2.45) is 0 Å². The molecule has 0 fully saturated rings. The van der Waals surface area contributed by atoms with Gasteiger partial charge in [-0.05, 0) is 31.4 Å². The van der Waals surface area contributed by atoms with E-state index in [0.29, 0.717) is 5.56 Å². The number of hydrogen-bond acceptors (Lipinski definition) is 2. The first kappa shape index (κ1) is 10.7. The van der Waals surface area contributed by atoms with Crippen LogP contribution < -0.4 is 4.74 Å². The summed E-state index contributed by atoms with van der Waals surface area (Å²) in [6, 6.07) is 4.11. The number of thiophene rings is 1. The highest BCUT2D eigenvalue weighted by Gasteiger charge is 2.35. The van der Waals surface area contributed by atoms with Crippen LogP contribution in [0.1, 0.15) is 19.4 Å². The summed E-state index contributed by atoms with van der Waals surface area (Å²) in [5.74, 6) is -1.08. The molecule has 0 saturated carbocycles. The molecule has 1 aliphatic rings. The molecule has 17 heavy (non-hydrogen) atoms. The van der Waals surface area contributed by atoms with Crippen LogP contribution in [0.3, 0.4) is 0 Å². The van der Waals surface area contributed by atoms with Crippen LogP contribution in [-0.2, 0) is 5.60 Å². The second-order valence-electron chi connectivity index (χ2n) is 4.54. The Morgan fingerprint density at radius 3 is 2.76 bits per heavy atom. The van der Waals surface area contributed by atoms with E-state index in [1.165, 1.54) is 17.4 Å². The van der Waals surface area contributed by atoms with Crippen LogP contribution in [0.25, 0.3) is 10.4 Å². The van der Waals surface area contributed by atoms with Gasteiger partial charge >= 0.3 is 0 Å². The molecule has 0 bridgehead atoms. The van der Waals surface area contributed by atoms with E-state index >= 15 is 0 Å². The van der Waals surface area contributed by atoms with Crippen molar-refractivity contribution in [3.8, 4) is 16.2 Å². The molecule has 2 heterocycles. The molecule has 0 aliphatic carbocycles. The second kappa shape index (κ2) is 3.29. The molecular formula is C13H10F2OS. The summed E-state index contributed by atoms with van der Waals surface area (Å²) in [7, 11) is 0. The molecule has 2 aromatic rings. The van der Waals surface area contributed by atoms with E-state index in [4.69, 9.17) is 4.74 Å². The van der Waals surface area contributed by atoms with Crippen LogP contribution in [0.5, 0.6) is 5.75 Å². The minimum absolute atomic E-state index is 0.145. The molecule has 1 aromatic heterocycles. The van der Waals surface area contributed by atoms with Crippen LogP contribution in [0.15, 0.2) is 23.6 Å². The first-order valence-electron chi connectivity index (χ1n) is 5.25. The third kappa shape index (κ3) is 1.47. The van der Waals surface area contributed by atoms with E-state index in [1.54, 1.807) is 0 Å². The lowest BCUT2D eigenvalue weighted by Crippen LogP contribution is -2.28. The van der Waals surface area contributed by atoms with Gasteiger partial charge in [0.05, 0.1) is 0 Å². The van der Waals surface area contributed by atoms with Gasteiger partial charge in [-0.3, -0.25) is 0 Å². The van der Waals surface area contributed by atoms with Crippen molar-refractivity contribution in [3.05, 3.63) is 40.8 Å². The summed E-state index contributed by atoms with van der Waals surface area (Å²) >= 11 is 1.47.